The van der Waals surface area contributed by atoms with Gasteiger partial charge in [-0.15, -0.1) is 0 Å². The van der Waals surface area contributed by atoms with Gasteiger partial charge >= 0.3 is 0 Å². The van der Waals surface area contributed by atoms with Gasteiger partial charge in [0.2, 0.25) is 0 Å². The molecular formula is C20H36S. The molecule has 0 nitrogen and oxygen atoms in total. The third kappa shape index (κ3) is 7.00. The van der Waals surface area contributed by atoms with Crippen molar-refractivity contribution in [1.82, 2.24) is 0 Å². The van der Waals surface area contributed by atoms with Crippen molar-refractivity contribution >= 4 is 11.3 Å². The molecule has 0 unspecified atom stereocenters. The van der Waals surface area contributed by atoms with Crippen LogP contribution in [0.1, 0.15) is 90.2 Å². The number of hydrogen-bond donors (Lipinski definition) is 0. The molecule has 122 valence electrons. The van der Waals surface area contributed by atoms with Gasteiger partial charge in [-0.2, -0.15) is 11.3 Å². The molecule has 1 heterocycles. The molecule has 0 N–H and O–H groups in total. The summed E-state index contributed by atoms with van der Waals surface area (Å²) in [6.07, 6.45) is 13.6. The third-order valence-electron chi connectivity index (χ3n) is 4.94. The van der Waals surface area contributed by atoms with Gasteiger partial charge in [-0.25, -0.2) is 0 Å². The van der Waals surface area contributed by atoms with Crippen molar-refractivity contribution in [2.24, 2.45) is 11.8 Å². The highest BCUT2D eigenvalue weighted by Crippen LogP contribution is 2.27. The molecule has 21 heavy (non-hydrogen) atoms. The summed E-state index contributed by atoms with van der Waals surface area (Å²) in [7, 11) is 0. The Morgan fingerprint density at radius 2 is 1.19 bits per heavy atom. The molecule has 0 aliphatic heterocycles. The van der Waals surface area contributed by atoms with Crippen LogP contribution in [0, 0.1) is 11.8 Å². The monoisotopic (exact) mass is 308 g/mol. The van der Waals surface area contributed by atoms with Gasteiger partial charge in [-0.3, -0.25) is 0 Å². The average Bonchev–Trinajstić information content (AvgIpc) is 2.94. The highest BCUT2D eigenvalue weighted by Gasteiger charge is 2.14. The number of thiophene rings is 1. The molecule has 0 fully saturated rings. The summed E-state index contributed by atoms with van der Waals surface area (Å²) >= 11 is 1.92. The van der Waals surface area contributed by atoms with Crippen LogP contribution in [0.5, 0.6) is 0 Å². The fourth-order valence-electron chi connectivity index (χ4n) is 3.22. The van der Waals surface area contributed by atoms with Crippen LogP contribution in [0.15, 0.2) is 10.8 Å². The van der Waals surface area contributed by atoms with Crippen LogP contribution in [-0.2, 0) is 12.8 Å². The highest BCUT2D eigenvalue weighted by atomic mass is 32.1. The van der Waals surface area contributed by atoms with Crippen LogP contribution < -0.4 is 0 Å². The Balaban J connectivity index is 2.58. The third-order valence-corrected chi connectivity index (χ3v) is 5.78. The minimum Gasteiger partial charge on any atom is -0.152 e. The summed E-state index contributed by atoms with van der Waals surface area (Å²) < 4.78 is 0. The van der Waals surface area contributed by atoms with Crippen molar-refractivity contribution < 1.29 is 0 Å². The van der Waals surface area contributed by atoms with Crippen LogP contribution in [0.2, 0.25) is 0 Å². The van der Waals surface area contributed by atoms with Gasteiger partial charge in [0.25, 0.3) is 0 Å². The zero-order valence-electron chi connectivity index (χ0n) is 14.8. The van der Waals surface area contributed by atoms with E-state index in [1.807, 2.05) is 11.3 Å². The van der Waals surface area contributed by atoms with Crippen molar-refractivity contribution in [2.75, 3.05) is 0 Å². The Labute approximate surface area is 137 Å². The molecule has 0 amide bonds. The molecule has 1 heteroatoms. The van der Waals surface area contributed by atoms with E-state index in [1.54, 1.807) is 11.1 Å². The first-order valence-corrected chi connectivity index (χ1v) is 10.2. The molecule has 0 saturated heterocycles. The number of unbranched alkanes of at least 4 members (excludes halogenated alkanes) is 2. The summed E-state index contributed by atoms with van der Waals surface area (Å²) in [5, 5.41) is 4.85. The largest absolute Gasteiger partial charge is 0.152 e. The standard InChI is InChI=1S/C20H36S/c1-5-9-11-17(7-3)13-19-15-21-16-20(19)14-18(8-4)12-10-6-2/h15-18H,5-14H2,1-4H3/t17-,18-/m1/s1. The van der Waals surface area contributed by atoms with E-state index in [2.05, 4.69) is 38.5 Å². The van der Waals surface area contributed by atoms with Crippen LogP contribution >= 0.6 is 11.3 Å². The van der Waals surface area contributed by atoms with Crippen molar-refractivity contribution in [3.05, 3.63) is 21.9 Å². The molecule has 0 aliphatic rings. The van der Waals surface area contributed by atoms with Crippen LogP contribution in [0.3, 0.4) is 0 Å². The molecular weight excluding hydrogens is 272 g/mol. The van der Waals surface area contributed by atoms with Crippen LogP contribution in [-0.4, -0.2) is 0 Å². The maximum absolute atomic E-state index is 2.43. The predicted molar refractivity (Wildman–Crippen MR) is 98.3 cm³/mol. The summed E-state index contributed by atoms with van der Waals surface area (Å²) in [6.45, 7) is 9.34. The van der Waals surface area contributed by atoms with E-state index in [0.717, 1.165) is 11.8 Å². The lowest BCUT2D eigenvalue weighted by Gasteiger charge is -2.18. The smallest absolute Gasteiger partial charge is 0.00583 e. The molecule has 0 aromatic carbocycles. The topological polar surface area (TPSA) is 0 Å². The lowest BCUT2D eigenvalue weighted by molar-refractivity contribution is 0.435. The normalized spacial score (nSPS) is 14.3. The van der Waals surface area contributed by atoms with Gasteiger partial charge in [0.15, 0.2) is 0 Å². The maximum Gasteiger partial charge on any atom is -0.00583 e. The van der Waals surface area contributed by atoms with Crippen molar-refractivity contribution in [3.8, 4) is 0 Å². The van der Waals surface area contributed by atoms with Gasteiger partial charge in [0, 0.05) is 0 Å². The summed E-state index contributed by atoms with van der Waals surface area (Å²) in [6, 6.07) is 0. The maximum atomic E-state index is 2.43. The highest BCUT2D eigenvalue weighted by molar-refractivity contribution is 7.08. The van der Waals surface area contributed by atoms with Gasteiger partial charge in [0.1, 0.15) is 0 Å². The minimum atomic E-state index is 0.897. The summed E-state index contributed by atoms with van der Waals surface area (Å²) in [5.74, 6) is 1.79. The fraction of sp³-hybridized carbons (Fsp3) is 0.800. The lowest BCUT2D eigenvalue weighted by atomic mass is 9.87. The predicted octanol–water partition coefficient (Wildman–Crippen LogP) is 7.27. The molecule has 0 bridgehead atoms. The molecule has 0 spiro atoms. The van der Waals surface area contributed by atoms with E-state index < -0.39 is 0 Å². The quantitative estimate of drug-likeness (QED) is 0.381. The van der Waals surface area contributed by atoms with E-state index >= 15 is 0 Å². The Morgan fingerprint density at radius 3 is 1.52 bits per heavy atom. The van der Waals surface area contributed by atoms with E-state index in [0.29, 0.717) is 0 Å². The van der Waals surface area contributed by atoms with E-state index in [9.17, 15) is 0 Å². The second-order valence-electron chi connectivity index (χ2n) is 6.66. The van der Waals surface area contributed by atoms with Crippen LogP contribution in [0.25, 0.3) is 0 Å². The van der Waals surface area contributed by atoms with Crippen molar-refractivity contribution in [3.63, 3.8) is 0 Å². The number of rotatable bonds is 12. The molecule has 1 aromatic rings. The molecule has 0 saturated carbocycles. The number of hydrogen-bond acceptors (Lipinski definition) is 1. The van der Waals surface area contributed by atoms with Gasteiger partial charge < -0.3 is 0 Å². The fourth-order valence-corrected chi connectivity index (χ4v) is 4.11. The second kappa shape index (κ2) is 11.3. The molecule has 0 aliphatic carbocycles. The Hall–Kier alpha value is -0.300. The first-order chi connectivity index (χ1) is 10.2. The lowest BCUT2D eigenvalue weighted by Crippen LogP contribution is -2.08. The van der Waals surface area contributed by atoms with E-state index in [1.165, 1.54) is 64.2 Å². The molecule has 1 rings (SSSR count). The second-order valence-corrected chi connectivity index (χ2v) is 7.41. The van der Waals surface area contributed by atoms with Gasteiger partial charge in [-0.1, -0.05) is 79.1 Å². The van der Waals surface area contributed by atoms with E-state index in [-0.39, 0.29) is 0 Å². The van der Waals surface area contributed by atoms with E-state index in [4.69, 9.17) is 0 Å². The Morgan fingerprint density at radius 1 is 0.762 bits per heavy atom. The van der Waals surface area contributed by atoms with Crippen LogP contribution in [0.4, 0.5) is 0 Å². The minimum absolute atomic E-state index is 0.897. The summed E-state index contributed by atoms with van der Waals surface area (Å²) in [5.41, 5.74) is 3.33. The summed E-state index contributed by atoms with van der Waals surface area (Å²) in [4.78, 5) is 0. The Bertz CT molecular complexity index is 320. The Kier molecular flexibility index (Phi) is 10.1. The molecule has 0 radical (unpaired) electrons. The van der Waals surface area contributed by atoms with Gasteiger partial charge in [0.05, 0.1) is 0 Å². The zero-order chi connectivity index (χ0) is 15.5. The first kappa shape index (κ1) is 18.7. The molecule has 1 aromatic heterocycles. The van der Waals surface area contributed by atoms with Crippen molar-refractivity contribution in [1.29, 1.82) is 0 Å². The average molecular weight is 309 g/mol. The first-order valence-electron chi connectivity index (χ1n) is 9.28. The molecule has 2 atom stereocenters. The van der Waals surface area contributed by atoms with Crippen molar-refractivity contribution in [2.45, 2.75) is 91.9 Å². The van der Waals surface area contributed by atoms with Gasteiger partial charge in [-0.05, 0) is 46.6 Å². The SMILES string of the molecule is CCCC[C@@H](CC)Cc1cscc1C[C@H](CC)CCCC. The zero-order valence-corrected chi connectivity index (χ0v) is 15.6.